The van der Waals surface area contributed by atoms with Gasteiger partial charge in [-0.15, -0.1) is 0 Å². The van der Waals surface area contributed by atoms with Gasteiger partial charge in [0.1, 0.15) is 46.3 Å². The minimum atomic E-state index is -0.430. The van der Waals surface area contributed by atoms with E-state index in [-0.39, 0.29) is 0 Å². The molecule has 0 radical (unpaired) electrons. The molecule has 0 atom stereocenters. The summed E-state index contributed by atoms with van der Waals surface area (Å²) in [5.41, 5.74) is 4.91. The van der Waals surface area contributed by atoms with Crippen molar-refractivity contribution in [2.24, 2.45) is 0 Å². The van der Waals surface area contributed by atoms with E-state index >= 15 is 0 Å². The van der Waals surface area contributed by atoms with Gasteiger partial charge in [0, 0.05) is 110 Å². The minimum Gasteiger partial charge on any atom is -0.457 e. The van der Waals surface area contributed by atoms with Gasteiger partial charge in [-0.05, 0) is 60.7 Å². The molecule has 4 aromatic heterocycles. The van der Waals surface area contributed by atoms with Crippen molar-refractivity contribution in [3.05, 3.63) is 158 Å². The van der Waals surface area contributed by atoms with Crippen molar-refractivity contribution in [1.29, 1.82) is 0 Å². The Morgan fingerprint density at radius 1 is 0.500 bits per heavy atom. The number of hydrogen-bond acceptors (Lipinski definition) is 8. The maximum atomic E-state index is 15.0. The van der Waals surface area contributed by atoms with E-state index in [4.69, 9.17) is 9.47 Å². The molecular formula is C44H34F2N8O2. The SMILES string of the molecule is CN1C=CN(c2cccc(Oc3ccc4c(c3)n(-c3cc(F)ccn3)c3c5ccc(Oc6cccc(N7C=CN(C)C7)c6)cc5n(-c5cc(F)ccn5)c43)c2)C1. The van der Waals surface area contributed by atoms with E-state index in [2.05, 4.69) is 29.6 Å². The summed E-state index contributed by atoms with van der Waals surface area (Å²) in [5, 5.41) is 1.61. The topological polar surface area (TPSA) is 67.1 Å². The van der Waals surface area contributed by atoms with Crippen molar-refractivity contribution in [2.45, 2.75) is 0 Å². The van der Waals surface area contributed by atoms with Crippen LogP contribution in [0.1, 0.15) is 0 Å². The average Bonchev–Trinajstić information content (AvgIpc) is 3.98. The predicted molar refractivity (Wildman–Crippen MR) is 215 cm³/mol. The van der Waals surface area contributed by atoms with Gasteiger partial charge in [0.2, 0.25) is 0 Å². The molecular weight excluding hydrogens is 711 g/mol. The summed E-state index contributed by atoms with van der Waals surface area (Å²) in [6, 6.07) is 32.8. The lowest BCUT2D eigenvalue weighted by Gasteiger charge is -2.19. The molecule has 0 saturated heterocycles. The van der Waals surface area contributed by atoms with Crippen LogP contribution in [0.25, 0.3) is 44.5 Å². The molecule has 0 spiro atoms. The molecule has 12 heteroatoms. The number of benzene rings is 4. The third-order valence-corrected chi connectivity index (χ3v) is 10.00. The molecule has 0 fully saturated rings. The number of fused-ring (bicyclic) bond motifs is 5. The lowest BCUT2D eigenvalue weighted by atomic mass is 10.2. The van der Waals surface area contributed by atoms with Crippen molar-refractivity contribution < 1.29 is 18.3 Å². The fraction of sp³-hybridized carbons (Fsp3) is 0.0909. The average molecular weight is 745 g/mol. The fourth-order valence-corrected chi connectivity index (χ4v) is 7.49. The van der Waals surface area contributed by atoms with Gasteiger partial charge in [0.25, 0.3) is 0 Å². The smallest absolute Gasteiger partial charge is 0.140 e. The van der Waals surface area contributed by atoms with Gasteiger partial charge in [-0.2, -0.15) is 0 Å². The molecule has 276 valence electrons. The highest BCUT2D eigenvalue weighted by Crippen LogP contribution is 2.43. The number of rotatable bonds is 8. The van der Waals surface area contributed by atoms with Gasteiger partial charge in [-0.25, -0.2) is 18.7 Å². The first-order valence-corrected chi connectivity index (χ1v) is 18.1. The summed E-state index contributed by atoms with van der Waals surface area (Å²) < 4.78 is 46.7. The molecule has 56 heavy (non-hydrogen) atoms. The Kier molecular flexibility index (Phi) is 7.84. The van der Waals surface area contributed by atoms with Crippen LogP contribution < -0.4 is 19.3 Å². The van der Waals surface area contributed by atoms with Crippen LogP contribution in [0.2, 0.25) is 0 Å². The zero-order valence-electron chi connectivity index (χ0n) is 30.4. The van der Waals surface area contributed by atoms with Crippen LogP contribution in [0.5, 0.6) is 23.0 Å². The molecule has 2 aliphatic heterocycles. The van der Waals surface area contributed by atoms with E-state index in [0.29, 0.717) is 34.6 Å². The lowest BCUT2D eigenvalue weighted by molar-refractivity contribution is 0.481. The van der Waals surface area contributed by atoms with Crippen LogP contribution in [-0.4, -0.2) is 56.3 Å². The van der Waals surface area contributed by atoms with Gasteiger partial charge in [-0.3, -0.25) is 9.13 Å². The zero-order valence-corrected chi connectivity index (χ0v) is 30.4. The predicted octanol–water partition coefficient (Wildman–Crippen LogP) is 9.74. The second kappa shape index (κ2) is 13.2. The summed E-state index contributed by atoms with van der Waals surface area (Å²) >= 11 is 0. The number of aromatic nitrogens is 4. The van der Waals surface area contributed by atoms with Crippen LogP contribution in [0.15, 0.2) is 146 Å². The van der Waals surface area contributed by atoms with Gasteiger partial charge < -0.3 is 29.1 Å². The molecule has 2 aliphatic rings. The quantitative estimate of drug-likeness (QED) is 0.152. The van der Waals surface area contributed by atoms with Gasteiger partial charge in [0.15, 0.2) is 0 Å². The van der Waals surface area contributed by atoms with E-state index < -0.39 is 11.6 Å². The van der Waals surface area contributed by atoms with Gasteiger partial charge in [-0.1, -0.05) is 12.1 Å². The number of pyridine rings is 2. The van der Waals surface area contributed by atoms with Crippen LogP contribution in [0.4, 0.5) is 20.2 Å². The Morgan fingerprint density at radius 2 is 0.946 bits per heavy atom. The van der Waals surface area contributed by atoms with Crippen molar-refractivity contribution >= 4 is 44.2 Å². The van der Waals surface area contributed by atoms with E-state index in [9.17, 15) is 8.78 Å². The highest BCUT2D eigenvalue weighted by Gasteiger charge is 2.25. The normalized spacial score (nSPS) is 14.0. The first-order chi connectivity index (χ1) is 27.3. The molecule has 0 unspecified atom stereocenters. The molecule has 0 N–H and O–H groups in total. The number of nitrogens with zero attached hydrogens (tertiary/aromatic N) is 8. The Balaban J connectivity index is 1.14. The largest absolute Gasteiger partial charge is 0.457 e. The first-order valence-electron chi connectivity index (χ1n) is 18.1. The maximum absolute atomic E-state index is 15.0. The van der Waals surface area contributed by atoms with E-state index in [1.807, 2.05) is 133 Å². The first kappa shape index (κ1) is 33.2. The Hall–Kier alpha value is -7.34. The summed E-state index contributed by atoms with van der Waals surface area (Å²) in [7, 11) is 4.05. The highest BCUT2D eigenvalue weighted by molar-refractivity contribution is 6.20. The van der Waals surface area contributed by atoms with Crippen LogP contribution >= 0.6 is 0 Å². The Bertz CT molecular complexity index is 2690. The van der Waals surface area contributed by atoms with Crippen molar-refractivity contribution in [1.82, 2.24) is 28.9 Å². The summed E-state index contributed by atoms with van der Waals surface area (Å²) in [6.45, 7) is 1.48. The highest BCUT2D eigenvalue weighted by atomic mass is 19.1. The third-order valence-electron chi connectivity index (χ3n) is 10.00. The number of halogens is 2. The molecule has 10 rings (SSSR count). The van der Waals surface area contributed by atoms with Crippen molar-refractivity contribution in [3.8, 4) is 34.6 Å². The van der Waals surface area contributed by atoms with E-state index in [1.165, 1.54) is 36.7 Å². The summed E-state index contributed by atoms with van der Waals surface area (Å²) in [6.07, 6.45) is 11.0. The molecule has 0 saturated carbocycles. The molecule has 8 aromatic rings. The van der Waals surface area contributed by atoms with Crippen LogP contribution in [-0.2, 0) is 0 Å². The monoisotopic (exact) mass is 744 g/mol. The van der Waals surface area contributed by atoms with Crippen molar-refractivity contribution in [2.75, 3.05) is 37.2 Å². The van der Waals surface area contributed by atoms with Crippen molar-refractivity contribution in [3.63, 3.8) is 0 Å². The second-order valence-electron chi connectivity index (χ2n) is 13.9. The fourth-order valence-electron chi connectivity index (χ4n) is 7.49. The molecule has 10 nitrogen and oxygen atoms in total. The number of hydrogen-bond donors (Lipinski definition) is 0. The molecule has 0 amide bonds. The van der Waals surface area contributed by atoms with E-state index in [0.717, 1.165) is 57.6 Å². The molecule has 6 heterocycles. The number of ether oxygens (including phenoxy) is 2. The summed E-state index contributed by atoms with van der Waals surface area (Å²) in [4.78, 5) is 17.7. The van der Waals surface area contributed by atoms with Gasteiger partial charge >= 0.3 is 0 Å². The molecule has 0 bridgehead atoms. The maximum Gasteiger partial charge on any atom is 0.140 e. The standard InChI is InChI=1S/C44H34F2N8O2/c1-49-17-19-51(27-49)31-5-3-7-33(23-31)55-35-9-11-37-39(25-35)53(41-21-29(45)13-15-47-41)44-38-12-10-36(26-40(38)54(43(37)44)42-22-30(46)14-16-48-42)56-34-8-4-6-32(24-34)52-20-18-50(2)28-52/h3-26H,27-28H2,1-2H3. The zero-order chi connectivity index (χ0) is 37.9. The lowest BCUT2D eigenvalue weighted by Crippen LogP contribution is -2.21. The Morgan fingerprint density at radius 3 is 1.36 bits per heavy atom. The van der Waals surface area contributed by atoms with Crippen LogP contribution in [0, 0.1) is 11.6 Å². The van der Waals surface area contributed by atoms with Crippen LogP contribution in [0.3, 0.4) is 0 Å². The molecule has 0 aliphatic carbocycles. The molecule has 4 aromatic carbocycles. The third kappa shape index (κ3) is 5.88. The second-order valence-corrected chi connectivity index (χ2v) is 13.9. The number of anilines is 2. The Labute approximate surface area is 320 Å². The van der Waals surface area contributed by atoms with E-state index in [1.54, 1.807) is 0 Å². The summed E-state index contributed by atoms with van der Waals surface area (Å²) in [5.74, 6) is 2.37. The van der Waals surface area contributed by atoms with Gasteiger partial charge in [0.05, 0.1) is 35.4 Å². The minimum absolute atomic E-state index is 0.374.